The molecule has 2 aliphatic heterocycles. The van der Waals surface area contributed by atoms with Crippen LogP contribution >= 0.6 is 0 Å². The third-order valence-corrected chi connectivity index (χ3v) is 7.54. The molecule has 2 bridgehead atoms. The molecule has 11 heteroatoms. The number of nitrogens with one attached hydrogen (secondary N) is 5. The van der Waals surface area contributed by atoms with Crippen LogP contribution in [0.1, 0.15) is 51.7 Å². The molecule has 2 aromatic carbocycles. The van der Waals surface area contributed by atoms with Crippen LogP contribution < -0.4 is 31.3 Å². The van der Waals surface area contributed by atoms with Crippen LogP contribution in [0.5, 0.6) is 5.75 Å². The Morgan fingerprint density at radius 1 is 0.930 bits per heavy atom. The minimum Gasteiger partial charge on any atom is -0.492 e. The molecule has 0 radical (unpaired) electrons. The summed E-state index contributed by atoms with van der Waals surface area (Å²) in [4.78, 5) is 66.1. The first-order valence-corrected chi connectivity index (χ1v) is 14.6. The average Bonchev–Trinajstić information content (AvgIpc) is 3.75. The zero-order chi connectivity index (χ0) is 31.2. The van der Waals surface area contributed by atoms with Crippen LogP contribution in [0, 0.1) is 5.41 Å². The highest BCUT2D eigenvalue weighted by atomic mass is 16.5. The van der Waals surface area contributed by atoms with Crippen molar-refractivity contribution >= 4 is 29.5 Å². The van der Waals surface area contributed by atoms with Crippen molar-refractivity contribution in [3.05, 3.63) is 65.7 Å². The predicted octanol–water partition coefficient (Wildman–Crippen LogP) is 1.15. The van der Waals surface area contributed by atoms with E-state index in [0.29, 0.717) is 18.6 Å². The van der Waals surface area contributed by atoms with E-state index in [2.05, 4.69) is 26.6 Å². The lowest BCUT2D eigenvalue weighted by Crippen LogP contribution is -2.59. The van der Waals surface area contributed by atoms with Gasteiger partial charge in [-0.2, -0.15) is 0 Å². The Bertz CT molecular complexity index is 1330. The second-order valence-corrected chi connectivity index (χ2v) is 12.3. The average molecular weight is 592 g/mol. The van der Waals surface area contributed by atoms with E-state index in [4.69, 9.17) is 4.74 Å². The zero-order valence-corrected chi connectivity index (χ0v) is 25.1. The molecule has 0 aromatic heterocycles. The lowest BCUT2D eigenvalue weighted by molar-refractivity contribution is -0.135. The van der Waals surface area contributed by atoms with Crippen molar-refractivity contribution in [1.29, 1.82) is 0 Å². The molecule has 2 aromatic rings. The largest absolute Gasteiger partial charge is 0.492 e. The Hall–Kier alpha value is -4.41. The molecule has 5 N–H and O–H groups in total. The van der Waals surface area contributed by atoms with Gasteiger partial charge in [-0.25, -0.2) is 0 Å². The van der Waals surface area contributed by atoms with Gasteiger partial charge in [0.1, 0.15) is 36.0 Å². The maximum atomic E-state index is 13.5. The molecule has 1 aliphatic carbocycles. The molecule has 2 heterocycles. The molecule has 0 saturated heterocycles. The van der Waals surface area contributed by atoms with Crippen LogP contribution in [-0.2, 0) is 36.8 Å². The van der Waals surface area contributed by atoms with Crippen molar-refractivity contribution in [3.63, 3.8) is 0 Å². The fourth-order valence-corrected chi connectivity index (χ4v) is 4.64. The third-order valence-electron chi connectivity index (χ3n) is 7.54. The van der Waals surface area contributed by atoms with Crippen LogP contribution in [0.15, 0.2) is 54.6 Å². The number of rotatable bonds is 3. The molecule has 1 saturated carbocycles. The molecule has 3 aliphatic rings. The second-order valence-electron chi connectivity index (χ2n) is 12.3. The van der Waals surface area contributed by atoms with E-state index in [1.165, 1.54) is 6.92 Å². The van der Waals surface area contributed by atoms with Crippen LogP contribution in [-0.4, -0.2) is 66.4 Å². The number of hydrogen-bond acceptors (Lipinski definition) is 6. The standard InChI is InChI=1S/C32H41N5O6/c1-20-26(38)35-25(18-21-8-6-5-7-9-21)28(40)37-32(14-15-32)30(42)33-16-17-43-23-12-10-22(11-13-23)19-24(27(39)34-20)36-29(41)31(2,3)4/h5-13,20,24-25H,14-19H2,1-4H3,(H,33,42)(H,34,39)(H,35,38)(H,36,41)(H,37,40)/t20-,24-,25+/m0/s1. The van der Waals surface area contributed by atoms with Gasteiger partial charge in [0.2, 0.25) is 29.5 Å². The van der Waals surface area contributed by atoms with Crippen LogP contribution in [0.4, 0.5) is 0 Å². The Balaban J connectivity index is 1.59. The van der Waals surface area contributed by atoms with Gasteiger partial charge in [-0.3, -0.25) is 24.0 Å². The quantitative estimate of drug-likeness (QED) is 0.338. The van der Waals surface area contributed by atoms with Crippen molar-refractivity contribution in [3.8, 4) is 5.75 Å². The first-order chi connectivity index (χ1) is 20.4. The Morgan fingerprint density at radius 3 is 2.23 bits per heavy atom. The van der Waals surface area contributed by atoms with E-state index in [0.717, 1.165) is 11.1 Å². The van der Waals surface area contributed by atoms with Crippen LogP contribution in [0.25, 0.3) is 0 Å². The van der Waals surface area contributed by atoms with Crippen LogP contribution in [0.2, 0.25) is 0 Å². The lowest BCUT2D eigenvalue weighted by Gasteiger charge is -2.27. The smallest absolute Gasteiger partial charge is 0.245 e. The topological polar surface area (TPSA) is 155 Å². The summed E-state index contributed by atoms with van der Waals surface area (Å²) in [7, 11) is 0. The first kappa shape index (κ1) is 31.5. The highest BCUT2D eigenvalue weighted by Crippen LogP contribution is 2.35. The molecule has 1 fully saturated rings. The summed E-state index contributed by atoms with van der Waals surface area (Å²) in [5, 5.41) is 14.0. The van der Waals surface area contributed by atoms with Crippen molar-refractivity contribution in [2.24, 2.45) is 5.41 Å². The fraction of sp³-hybridized carbons (Fsp3) is 0.469. The number of hydrogen-bond donors (Lipinski definition) is 5. The minimum absolute atomic E-state index is 0.180. The fourth-order valence-electron chi connectivity index (χ4n) is 4.64. The highest BCUT2D eigenvalue weighted by Gasteiger charge is 2.51. The highest BCUT2D eigenvalue weighted by molar-refractivity contribution is 5.98. The van der Waals surface area contributed by atoms with E-state index in [-0.39, 0.29) is 37.8 Å². The van der Waals surface area contributed by atoms with E-state index in [1.807, 2.05) is 30.3 Å². The third kappa shape index (κ3) is 8.56. The van der Waals surface area contributed by atoms with Crippen molar-refractivity contribution < 1.29 is 28.7 Å². The summed E-state index contributed by atoms with van der Waals surface area (Å²) >= 11 is 0. The molecule has 43 heavy (non-hydrogen) atoms. The Morgan fingerprint density at radius 2 is 1.60 bits per heavy atom. The van der Waals surface area contributed by atoms with E-state index in [1.54, 1.807) is 45.0 Å². The first-order valence-electron chi connectivity index (χ1n) is 14.6. The molecule has 3 atom stereocenters. The van der Waals surface area contributed by atoms with Gasteiger partial charge in [0, 0.05) is 18.3 Å². The SMILES string of the molecule is C[C@@H]1NC(=O)[C@@H](NC(=O)C(C)(C)C)Cc2ccc(cc2)OCCNC(=O)C2(CC2)NC(=O)[C@@H](Cc2ccccc2)NC1=O. The molecular formula is C32H41N5O6. The molecule has 11 nitrogen and oxygen atoms in total. The zero-order valence-electron chi connectivity index (χ0n) is 25.1. The van der Waals surface area contributed by atoms with Gasteiger partial charge in [-0.05, 0) is 43.0 Å². The Labute approximate surface area is 251 Å². The molecule has 5 amide bonds. The normalized spacial score (nSPS) is 23.2. The van der Waals surface area contributed by atoms with Gasteiger partial charge in [0.25, 0.3) is 0 Å². The summed E-state index contributed by atoms with van der Waals surface area (Å²) in [5.74, 6) is -1.64. The van der Waals surface area contributed by atoms with Gasteiger partial charge in [0.05, 0.1) is 6.54 Å². The summed E-state index contributed by atoms with van der Waals surface area (Å²) in [6.07, 6.45) is 1.32. The van der Waals surface area contributed by atoms with E-state index >= 15 is 0 Å². The summed E-state index contributed by atoms with van der Waals surface area (Å²) in [6, 6.07) is 13.3. The number of carbonyl (C=O) groups excluding carboxylic acids is 5. The van der Waals surface area contributed by atoms with Crippen molar-refractivity contribution in [2.45, 2.75) is 77.0 Å². The number of fused-ring (bicyclic) bond motifs is 15. The summed E-state index contributed by atoms with van der Waals surface area (Å²) in [6.45, 7) is 7.22. The molecule has 0 unspecified atom stereocenters. The molecule has 230 valence electrons. The number of amides is 5. The van der Waals surface area contributed by atoms with Gasteiger partial charge in [-0.15, -0.1) is 0 Å². The van der Waals surface area contributed by atoms with Gasteiger partial charge in [-0.1, -0.05) is 63.2 Å². The predicted molar refractivity (Wildman–Crippen MR) is 160 cm³/mol. The van der Waals surface area contributed by atoms with Gasteiger partial charge >= 0.3 is 0 Å². The number of benzene rings is 2. The number of carbonyl (C=O) groups is 5. The molecule has 1 spiro atoms. The monoisotopic (exact) mass is 591 g/mol. The van der Waals surface area contributed by atoms with E-state index in [9.17, 15) is 24.0 Å². The number of ether oxygens (including phenoxy) is 1. The lowest BCUT2D eigenvalue weighted by atomic mass is 9.94. The molecule has 5 rings (SSSR count). The second kappa shape index (κ2) is 13.3. The van der Waals surface area contributed by atoms with Gasteiger partial charge in [0.15, 0.2) is 0 Å². The van der Waals surface area contributed by atoms with E-state index < -0.39 is 46.8 Å². The van der Waals surface area contributed by atoms with Crippen LogP contribution in [0.3, 0.4) is 0 Å². The Kier molecular flexibility index (Phi) is 9.73. The van der Waals surface area contributed by atoms with Crippen molar-refractivity contribution in [1.82, 2.24) is 26.6 Å². The van der Waals surface area contributed by atoms with Crippen molar-refractivity contribution in [2.75, 3.05) is 13.2 Å². The summed E-state index contributed by atoms with van der Waals surface area (Å²) in [5.41, 5.74) is -0.193. The minimum atomic E-state index is -1.04. The summed E-state index contributed by atoms with van der Waals surface area (Å²) < 4.78 is 5.77. The maximum absolute atomic E-state index is 13.5. The molecular weight excluding hydrogens is 550 g/mol. The maximum Gasteiger partial charge on any atom is 0.245 e. The van der Waals surface area contributed by atoms with Gasteiger partial charge < -0.3 is 31.3 Å².